The molecule has 2 aromatic rings. The van der Waals surface area contributed by atoms with Crippen LogP contribution < -0.4 is 4.74 Å². The minimum Gasteiger partial charge on any atom is -0.481 e. The molecule has 0 radical (unpaired) electrons. The molecule has 14 heteroatoms. The average molecular weight is 631 g/mol. The molecule has 1 fully saturated rings. The lowest BCUT2D eigenvalue weighted by atomic mass is 9.97. The van der Waals surface area contributed by atoms with Crippen LogP contribution >= 0.6 is 0 Å². The summed E-state index contributed by atoms with van der Waals surface area (Å²) in [5, 5.41) is 16.2. The summed E-state index contributed by atoms with van der Waals surface area (Å²) in [7, 11) is 0. The Morgan fingerprint density at radius 2 is 1.51 bits per heavy atom. The molecular formula is C31H38N2O12. The van der Waals surface area contributed by atoms with Crippen molar-refractivity contribution in [1.29, 1.82) is 0 Å². The molecule has 0 saturated carbocycles. The van der Waals surface area contributed by atoms with Crippen molar-refractivity contribution in [1.82, 2.24) is 10.2 Å². The number of benzene rings is 1. The zero-order chi connectivity index (χ0) is 33.3. The van der Waals surface area contributed by atoms with Gasteiger partial charge in [-0.15, -0.1) is 5.10 Å². The van der Waals surface area contributed by atoms with Gasteiger partial charge in [-0.25, -0.2) is 0 Å². The van der Waals surface area contributed by atoms with Gasteiger partial charge in [0.15, 0.2) is 12.2 Å². The minimum atomic E-state index is -1.44. The number of carbonyl (C=O) groups excluding carboxylic acids is 4. The SMILES string of the molecule is CC(=O)OC[C@H]1O[C@@H](Oc2n[nH]c(C(C)C)c2Cc2ccc(/C=C/CC(=O)O)cc2)[C@H](OC(C)=O)[C@@H](OC(C)=O)[C@H]1OC(C)=O. The largest absolute Gasteiger partial charge is 0.481 e. The maximum atomic E-state index is 12.2. The molecule has 1 saturated heterocycles. The summed E-state index contributed by atoms with van der Waals surface area (Å²) in [6.45, 7) is 8.14. The maximum absolute atomic E-state index is 12.2. The van der Waals surface area contributed by atoms with Crippen LogP contribution in [0.1, 0.15) is 76.3 Å². The van der Waals surface area contributed by atoms with Gasteiger partial charge in [-0.05, 0) is 17.0 Å². The first kappa shape index (κ1) is 34.8. The molecule has 0 unspecified atom stereocenters. The summed E-state index contributed by atoms with van der Waals surface area (Å²) in [5.41, 5.74) is 3.15. The number of nitrogens with zero attached hydrogens (tertiary/aromatic N) is 1. The Morgan fingerprint density at radius 3 is 2.07 bits per heavy atom. The van der Waals surface area contributed by atoms with E-state index in [9.17, 15) is 24.0 Å². The molecule has 2 heterocycles. The van der Waals surface area contributed by atoms with Crippen molar-refractivity contribution in [3.05, 3.63) is 52.7 Å². The smallest absolute Gasteiger partial charge is 0.307 e. The van der Waals surface area contributed by atoms with Crippen LogP contribution in [0, 0.1) is 0 Å². The Labute approximate surface area is 260 Å². The van der Waals surface area contributed by atoms with Crippen LogP contribution in [0.15, 0.2) is 30.3 Å². The van der Waals surface area contributed by atoms with E-state index in [2.05, 4.69) is 10.2 Å². The molecule has 0 bridgehead atoms. The van der Waals surface area contributed by atoms with Crippen LogP contribution in [0.2, 0.25) is 0 Å². The summed E-state index contributed by atoms with van der Waals surface area (Å²) >= 11 is 0. The summed E-state index contributed by atoms with van der Waals surface area (Å²) < 4.78 is 33.8. The van der Waals surface area contributed by atoms with E-state index in [1.54, 1.807) is 12.2 Å². The van der Waals surface area contributed by atoms with Gasteiger partial charge in [0.05, 0.1) is 6.42 Å². The number of H-pyrrole nitrogens is 1. The van der Waals surface area contributed by atoms with Gasteiger partial charge in [-0.2, -0.15) is 0 Å². The number of rotatable bonds is 13. The lowest BCUT2D eigenvalue weighted by Crippen LogP contribution is -2.63. The molecule has 1 aliphatic rings. The van der Waals surface area contributed by atoms with Crippen molar-refractivity contribution >= 4 is 35.9 Å². The molecule has 45 heavy (non-hydrogen) atoms. The van der Waals surface area contributed by atoms with Crippen molar-refractivity contribution in [3.8, 4) is 5.88 Å². The van der Waals surface area contributed by atoms with E-state index in [-0.39, 0.29) is 18.2 Å². The normalized spacial score (nSPS) is 21.3. The topological polar surface area (TPSA) is 190 Å². The molecule has 5 atom stereocenters. The van der Waals surface area contributed by atoms with Crippen LogP contribution in [0.3, 0.4) is 0 Å². The summed E-state index contributed by atoms with van der Waals surface area (Å²) in [6.07, 6.45) is -3.17. The predicted molar refractivity (Wildman–Crippen MR) is 156 cm³/mol. The van der Waals surface area contributed by atoms with Crippen molar-refractivity contribution in [2.75, 3.05) is 6.61 Å². The number of aromatic nitrogens is 2. The number of carboxylic acid groups (broad SMARTS) is 1. The number of hydrogen-bond donors (Lipinski definition) is 2. The van der Waals surface area contributed by atoms with Crippen LogP contribution in [0.5, 0.6) is 5.88 Å². The van der Waals surface area contributed by atoms with Crippen molar-refractivity contribution in [3.63, 3.8) is 0 Å². The Balaban J connectivity index is 1.99. The zero-order valence-corrected chi connectivity index (χ0v) is 25.9. The van der Waals surface area contributed by atoms with Crippen LogP contribution in [0.4, 0.5) is 0 Å². The maximum Gasteiger partial charge on any atom is 0.307 e. The summed E-state index contributed by atoms with van der Waals surface area (Å²) in [4.78, 5) is 58.8. The Bertz CT molecular complexity index is 1400. The number of esters is 4. The third-order valence-electron chi connectivity index (χ3n) is 6.58. The first-order valence-electron chi connectivity index (χ1n) is 14.3. The van der Waals surface area contributed by atoms with Gasteiger partial charge in [-0.1, -0.05) is 50.3 Å². The molecule has 1 aromatic heterocycles. The van der Waals surface area contributed by atoms with E-state index in [0.29, 0.717) is 12.0 Å². The van der Waals surface area contributed by atoms with Gasteiger partial charge in [0, 0.05) is 45.4 Å². The van der Waals surface area contributed by atoms with Crippen molar-refractivity contribution < 1.29 is 57.5 Å². The van der Waals surface area contributed by atoms with Crippen LogP contribution in [-0.2, 0) is 54.1 Å². The van der Waals surface area contributed by atoms with Gasteiger partial charge >= 0.3 is 29.8 Å². The number of carboxylic acids is 1. The second-order valence-electron chi connectivity index (χ2n) is 10.7. The Morgan fingerprint density at radius 1 is 0.911 bits per heavy atom. The fourth-order valence-electron chi connectivity index (χ4n) is 4.75. The van der Waals surface area contributed by atoms with Gasteiger partial charge in [0.25, 0.3) is 0 Å². The second-order valence-corrected chi connectivity index (χ2v) is 10.7. The van der Waals surface area contributed by atoms with Gasteiger partial charge in [0.1, 0.15) is 12.7 Å². The lowest BCUT2D eigenvalue weighted by molar-refractivity contribution is -0.289. The van der Waals surface area contributed by atoms with Crippen LogP contribution in [0.25, 0.3) is 6.08 Å². The monoisotopic (exact) mass is 630 g/mol. The van der Waals surface area contributed by atoms with Crippen LogP contribution in [-0.4, -0.2) is 82.5 Å². The third kappa shape index (κ3) is 10.2. The van der Waals surface area contributed by atoms with E-state index >= 15 is 0 Å². The second kappa shape index (κ2) is 15.8. The molecular weight excluding hydrogens is 592 g/mol. The predicted octanol–water partition coefficient (Wildman–Crippen LogP) is 3.07. The number of aliphatic carboxylic acids is 1. The van der Waals surface area contributed by atoms with E-state index < -0.39 is 67.2 Å². The number of hydrogen-bond acceptors (Lipinski definition) is 12. The highest BCUT2D eigenvalue weighted by Crippen LogP contribution is 2.34. The van der Waals surface area contributed by atoms with E-state index in [0.717, 1.165) is 37.6 Å². The molecule has 0 amide bonds. The molecule has 2 N–H and O–H groups in total. The standard InChI is InChI=1S/C31H38N2O12/c1-16(2)26-23(14-22-12-10-21(11-13-22)8-7-9-25(38)39)30(33-32-26)45-31-29(43-20(6)37)28(42-19(5)36)27(41-18(4)35)24(44-31)15-40-17(3)34/h7-8,10-13,16,24,27-29,31H,9,14-15H2,1-6H3,(H,32,33)(H,38,39)/b8-7+/t24-,27+,28+,29-,31+/m1/s1. The molecule has 244 valence electrons. The Kier molecular flexibility index (Phi) is 12.2. The first-order valence-corrected chi connectivity index (χ1v) is 14.3. The highest BCUT2D eigenvalue weighted by molar-refractivity contribution is 5.70. The molecule has 3 rings (SSSR count). The molecule has 14 nitrogen and oxygen atoms in total. The third-order valence-corrected chi connectivity index (χ3v) is 6.58. The quantitative estimate of drug-likeness (QED) is 0.243. The fourth-order valence-corrected chi connectivity index (χ4v) is 4.75. The number of ether oxygens (including phenoxy) is 6. The molecule has 0 aliphatic carbocycles. The fraction of sp³-hybridized carbons (Fsp3) is 0.484. The highest BCUT2D eigenvalue weighted by Gasteiger charge is 2.53. The zero-order valence-electron chi connectivity index (χ0n) is 25.9. The Hall–Kier alpha value is -4.72. The van der Waals surface area contributed by atoms with Crippen molar-refractivity contribution in [2.24, 2.45) is 0 Å². The van der Waals surface area contributed by atoms with E-state index in [4.69, 9.17) is 33.5 Å². The average Bonchev–Trinajstić information content (AvgIpc) is 3.33. The van der Waals surface area contributed by atoms with Gasteiger partial charge in [0.2, 0.25) is 18.3 Å². The van der Waals surface area contributed by atoms with Crippen molar-refractivity contribution in [2.45, 2.75) is 91.0 Å². The first-order chi connectivity index (χ1) is 21.2. The molecule has 0 spiro atoms. The number of aromatic amines is 1. The number of nitrogens with one attached hydrogen (secondary N) is 1. The van der Waals surface area contributed by atoms with Gasteiger partial charge < -0.3 is 33.5 Å². The van der Waals surface area contributed by atoms with E-state index in [1.165, 1.54) is 6.92 Å². The molecule has 1 aromatic carbocycles. The van der Waals surface area contributed by atoms with E-state index in [1.807, 2.05) is 38.1 Å². The summed E-state index contributed by atoms with van der Waals surface area (Å²) in [5.74, 6) is -3.70. The molecule has 1 aliphatic heterocycles. The summed E-state index contributed by atoms with van der Waals surface area (Å²) in [6, 6.07) is 7.47. The lowest BCUT2D eigenvalue weighted by Gasteiger charge is -2.43. The number of carbonyl (C=O) groups is 5. The minimum absolute atomic E-state index is 0.00141. The highest BCUT2D eigenvalue weighted by atomic mass is 16.7. The van der Waals surface area contributed by atoms with Gasteiger partial charge in [-0.3, -0.25) is 29.1 Å².